The first kappa shape index (κ1) is 16.8. The van der Waals surface area contributed by atoms with Crippen LogP contribution >= 0.6 is 0 Å². The smallest absolute Gasteiger partial charge is 0.155 e. The van der Waals surface area contributed by atoms with E-state index in [0.29, 0.717) is 12.8 Å². The monoisotopic (exact) mass is 250 g/mol. The zero-order valence-electron chi connectivity index (χ0n) is 11.5. The first-order valence-electron chi connectivity index (χ1n) is 7.01. The van der Waals surface area contributed by atoms with E-state index < -0.39 is 0 Å². The van der Waals surface area contributed by atoms with Crippen molar-refractivity contribution in [3.05, 3.63) is 25.3 Å². The summed E-state index contributed by atoms with van der Waals surface area (Å²) in [5.74, 6) is 0.309. The quantitative estimate of drug-likeness (QED) is 0.359. The Bertz CT molecular complexity index is 238. The second-order valence-corrected chi connectivity index (χ2v) is 4.67. The molecule has 0 aliphatic carbocycles. The molecule has 0 fully saturated rings. The van der Waals surface area contributed by atoms with Crippen LogP contribution in [0.2, 0.25) is 0 Å². The molecule has 18 heavy (non-hydrogen) atoms. The van der Waals surface area contributed by atoms with E-state index in [1.807, 2.05) is 0 Å². The highest BCUT2D eigenvalue weighted by atomic mass is 16.1. The summed E-state index contributed by atoms with van der Waals surface area (Å²) in [4.78, 5) is 21.9. The van der Waals surface area contributed by atoms with Crippen LogP contribution in [0.4, 0.5) is 0 Å². The first-order chi connectivity index (χ1) is 8.70. The highest BCUT2D eigenvalue weighted by Crippen LogP contribution is 2.11. The molecule has 0 N–H and O–H groups in total. The summed E-state index contributed by atoms with van der Waals surface area (Å²) in [7, 11) is 0. The van der Waals surface area contributed by atoms with Gasteiger partial charge in [0.15, 0.2) is 11.6 Å². The molecule has 0 saturated heterocycles. The van der Waals surface area contributed by atoms with E-state index in [9.17, 15) is 9.59 Å². The van der Waals surface area contributed by atoms with Crippen molar-refractivity contribution < 1.29 is 9.59 Å². The maximum atomic E-state index is 10.9. The van der Waals surface area contributed by atoms with Gasteiger partial charge in [-0.3, -0.25) is 9.59 Å². The minimum atomic E-state index is 0.155. The Morgan fingerprint density at radius 3 is 1.17 bits per heavy atom. The summed E-state index contributed by atoms with van der Waals surface area (Å²) in [6.07, 6.45) is 13.2. The number of carbonyl (C=O) groups excluding carboxylic acids is 2. The van der Waals surface area contributed by atoms with Gasteiger partial charge < -0.3 is 0 Å². The Morgan fingerprint density at radius 2 is 0.889 bits per heavy atom. The zero-order valence-corrected chi connectivity index (χ0v) is 11.5. The van der Waals surface area contributed by atoms with Crippen LogP contribution in [0.15, 0.2) is 25.3 Å². The second kappa shape index (κ2) is 12.3. The van der Waals surface area contributed by atoms with E-state index >= 15 is 0 Å². The van der Waals surface area contributed by atoms with Gasteiger partial charge in [0.2, 0.25) is 0 Å². The van der Waals surface area contributed by atoms with Gasteiger partial charge in [0.25, 0.3) is 0 Å². The molecule has 0 atom stereocenters. The van der Waals surface area contributed by atoms with Gasteiger partial charge in [0.1, 0.15) is 0 Å². The van der Waals surface area contributed by atoms with E-state index in [4.69, 9.17) is 0 Å². The standard InChI is InChI=1S/C16H26O2/c1-3-15(17)13-11-9-7-5-6-8-10-12-14-16(18)4-2/h3-4H,1-2,5-14H2. The molecule has 2 heteroatoms. The number of unbranched alkanes of at least 4 members (excludes halogenated alkanes) is 7. The van der Waals surface area contributed by atoms with Crippen molar-refractivity contribution in [1.29, 1.82) is 0 Å². The lowest BCUT2D eigenvalue weighted by atomic mass is 10.0. The molecule has 0 rings (SSSR count). The fourth-order valence-corrected chi connectivity index (χ4v) is 1.86. The topological polar surface area (TPSA) is 34.1 Å². The summed E-state index contributed by atoms with van der Waals surface area (Å²) in [6, 6.07) is 0. The molecular weight excluding hydrogens is 224 g/mol. The molecule has 0 aromatic carbocycles. The van der Waals surface area contributed by atoms with Crippen molar-refractivity contribution in [1.82, 2.24) is 0 Å². The molecule has 2 nitrogen and oxygen atoms in total. The molecule has 0 spiro atoms. The van der Waals surface area contributed by atoms with Gasteiger partial charge in [-0.25, -0.2) is 0 Å². The summed E-state index contributed by atoms with van der Waals surface area (Å²) in [5.41, 5.74) is 0. The highest BCUT2D eigenvalue weighted by Gasteiger charge is 1.97. The Hall–Kier alpha value is -1.18. The number of allylic oxidation sites excluding steroid dienone is 2. The van der Waals surface area contributed by atoms with Crippen molar-refractivity contribution in [3.63, 3.8) is 0 Å². The second-order valence-electron chi connectivity index (χ2n) is 4.67. The van der Waals surface area contributed by atoms with Crippen molar-refractivity contribution in [3.8, 4) is 0 Å². The lowest BCUT2D eigenvalue weighted by Crippen LogP contribution is -1.92. The largest absolute Gasteiger partial charge is 0.295 e. The first-order valence-corrected chi connectivity index (χ1v) is 7.01. The van der Waals surface area contributed by atoms with Crippen molar-refractivity contribution in [2.24, 2.45) is 0 Å². The summed E-state index contributed by atoms with van der Waals surface area (Å²) in [6.45, 7) is 6.91. The number of hydrogen-bond donors (Lipinski definition) is 0. The van der Waals surface area contributed by atoms with Crippen LogP contribution < -0.4 is 0 Å². The number of carbonyl (C=O) groups is 2. The summed E-state index contributed by atoms with van der Waals surface area (Å²) < 4.78 is 0. The Balaban J connectivity index is 3.12. The predicted molar refractivity (Wildman–Crippen MR) is 76.6 cm³/mol. The number of ketones is 2. The van der Waals surface area contributed by atoms with E-state index in [2.05, 4.69) is 13.2 Å². The average molecular weight is 250 g/mol. The molecule has 0 bridgehead atoms. The van der Waals surface area contributed by atoms with Crippen LogP contribution in [0.5, 0.6) is 0 Å². The Labute approximate surface area is 111 Å². The van der Waals surface area contributed by atoms with Crippen LogP contribution in [0.3, 0.4) is 0 Å². The third-order valence-corrected chi connectivity index (χ3v) is 3.05. The van der Waals surface area contributed by atoms with E-state index in [-0.39, 0.29) is 11.6 Å². The lowest BCUT2D eigenvalue weighted by molar-refractivity contribution is -0.115. The molecule has 0 aromatic rings. The molecular formula is C16H26O2. The predicted octanol–water partition coefficient (Wildman–Crippen LogP) is 4.40. The van der Waals surface area contributed by atoms with Gasteiger partial charge in [0.05, 0.1) is 0 Å². The summed E-state index contributed by atoms with van der Waals surface area (Å²) >= 11 is 0. The molecule has 0 aliphatic heterocycles. The van der Waals surface area contributed by atoms with Gasteiger partial charge in [-0.15, -0.1) is 0 Å². The van der Waals surface area contributed by atoms with Crippen LogP contribution in [-0.2, 0) is 9.59 Å². The fraction of sp³-hybridized carbons (Fsp3) is 0.625. The SMILES string of the molecule is C=CC(=O)CCCCCCCCCCC(=O)C=C. The fourth-order valence-electron chi connectivity index (χ4n) is 1.86. The molecule has 0 saturated carbocycles. The third-order valence-electron chi connectivity index (χ3n) is 3.05. The zero-order chi connectivity index (χ0) is 13.6. The van der Waals surface area contributed by atoms with Crippen LogP contribution in [0.1, 0.15) is 64.2 Å². The normalized spacial score (nSPS) is 10.0. The molecule has 102 valence electrons. The van der Waals surface area contributed by atoms with Crippen LogP contribution in [-0.4, -0.2) is 11.6 Å². The minimum Gasteiger partial charge on any atom is -0.295 e. The van der Waals surface area contributed by atoms with Crippen LogP contribution in [0.25, 0.3) is 0 Å². The molecule has 0 heterocycles. The Kier molecular flexibility index (Phi) is 11.5. The van der Waals surface area contributed by atoms with E-state index in [1.54, 1.807) is 0 Å². The van der Waals surface area contributed by atoms with E-state index in [0.717, 1.165) is 25.7 Å². The number of rotatable bonds is 13. The molecule has 0 radical (unpaired) electrons. The van der Waals surface area contributed by atoms with Gasteiger partial charge in [-0.05, 0) is 25.0 Å². The third kappa shape index (κ3) is 11.3. The lowest BCUT2D eigenvalue weighted by Gasteiger charge is -2.01. The minimum absolute atomic E-state index is 0.155. The van der Waals surface area contributed by atoms with Gasteiger partial charge in [-0.1, -0.05) is 51.7 Å². The van der Waals surface area contributed by atoms with Gasteiger partial charge in [-0.2, -0.15) is 0 Å². The molecule has 0 amide bonds. The van der Waals surface area contributed by atoms with Gasteiger partial charge in [0, 0.05) is 12.8 Å². The molecule has 0 unspecified atom stereocenters. The average Bonchev–Trinajstić information content (AvgIpc) is 2.40. The molecule has 0 aromatic heterocycles. The Morgan fingerprint density at radius 1 is 0.611 bits per heavy atom. The number of hydrogen-bond acceptors (Lipinski definition) is 2. The van der Waals surface area contributed by atoms with E-state index in [1.165, 1.54) is 37.8 Å². The maximum Gasteiger partial charge on any atom is 0.155 e. The van der Waals surface area contributed by atoms with Crippen LogP contribution in [0, 0.1) is 0 Å². The summed E-state index contributed by atoms with van der Waals surface area (Å²) in [5, 5.41) is 0. The van der Waals surface area contributed by atoms with Crippen molar-refractivity contribution in [2.45, 2.75) is 64.2 Å². The van der Waals surface area contributed by atoms with Crippen molar-refractivity contribution >= 4 is 11.6 Å². The maximum absolute atomic E-state index is 10.9. The van der Waals surface area contributed by atoms with Crippen molar-refractivity contribution in [2.75, 3.05) is 0 Å². The highest BCUT2D eigenvalue weighted by molar-refractivity contribution is 5.89. The van der Waals surface area contributed by atoms with Gasteiger partial charge >= 0.3 is 0 Å². The molecule has 0 aliphatic rings.